The SMILES string of the molecule is CCNC(=O)C1CCN(S(=O)(=O)Cc2ccccc2C)CC1. The smallest absolute Gasteiger partial charge is 0.223 e. The average Bonchev–Trinajstić information content (AvgIpc) is 2.50. The van der Waals surface area contributed by atoms with E-state index in [1.165, 1.54) is 4.31 Å². The molecule has 0 spiro atoms. The highest BCUT2D eigenvalue weighted by Crippen LogP contribution is 2.22. The van der Waals surface area contributed by atoms with Crippen molar-refractivity contribution in [2.45, 2.75) is 32.4 Å². The summed E-state index contributed by atoms with van der Waals surface area (Å²) >= 11 is 0. The van der Waals surface area contributed by atoms with Gasteiger partial charge in [-0.3, -0.25) is 4.79 Å². The highest BCUT2D eigenvalue weighted by molar-refractivity contribution is 7.88. The summed E-state index contributed by atoms with van der Waals surface area (Å²) in [5, 5.41) is 2.81. The lowest BCUT2D eigenvalue weighted by Crippen LogP contribution is -2.43. The van der Waals surface area contributed by atoms with Gasteiger partial charge in [0, 0.05) is 25.6 Å². The Morgan fingerprint density at radius 2 is 1.91 bits per heavy atom. The van der Waals surface area contributed by atoms with Gasteiger partial charge >= 0.3 is 0 Å². The van der Waals surface area contributed by atoms with Crippen molar-refractivity contribution in [1.82, 2.24) is 9.62 Å². The Labute approximate surface area is 132 Å². The molecule has 0 aliphatic carbocycles. The van der Waals surface area contributed by atoms with Crippen LogP contribution in [0.5, 0.6) is 0 Å². The molecule has 0 unspecified atom stereocenters. The molecule has 1 aromatic rings. The number of nitrogens with one attached hydrogen (secondary N) is 1. The molecule has 1 aliphatic rings. The summed E-state index contributed by atoms with van der Waals surface area (Å²) in [6.45, 7) is 5.28. The van der Waals surface area contributed by atoms with E-state index in [1.54, 1.807) is 0 Å². The van der Waals surface area contributed by atoms with Crippen LogP contribution < -0.4 is 5.32 Å². The maximum Gasteiger partial charge on any atom is 0.223 e. The number of rotatable bonds is 5. The topological polar surface area (TPSA) is 66.5 Å². The van der Waals surface area contributed by atoms with Gasteiger partial charge in [0.25, 0.3) is 0 Å². The van der Waals surface area contributed by atoms with Gasteiger partial charge < -0.3 is 5.32 Å². The van der Waals surface area contributed by atoms with Crippen molar-refractivity contribution in [3.63, 3.8) is 0 Å². The molecule has 1 amide bonds. The number of carbonyl (C=O) groups is 1. The van der Waals surface area contributed by atoms with Gasteiger partial charge in [-0.25, -0.2) is 12.7 Å². The summed E-state index contributed by atoms with van der Waals surface area (Å²) in [7, 11) is -3.32. The Morgan fingerprint density at radius 1 is 1.27 bits per heavy atom. The predicted octanol–water partition coefficient (Wildman–Crippen LogP) is 1.67. The van der Waals surface area contributed by atoms with E-state index in [9.17, 15) is 13.2 Å². The van der Waals surface area contributed by atoms with Crippen molar-refractivity contribution < 1.29 is 13.2 Å². The van der Waals surface area contributed by atoms with Crippen molar-refractivity contribution >= 4 is 15.9 Å². The summed E-state index contributed by atoms with van der Waals surface area (Å²) in [6, 6.07) is 7.54. The van der Waals surface area contributed by atoms with Crippen molar-refractivity contribution in [1.29, 1.82) is 0 Å². The van der Waals surface area contributed by atoms with Gasteiger partial charge in [0.05, 0.1) is 5.75 Å². The van der Waals surface area contributed by atoms with Crippen LogP contribution in [-0.4, -0.2) is 38.3 Å². The van der Waals surface area contributed by atoms with Gasteiger partial charge in [0.2, 0.25) is 15.9 Å². The summed E-state index contributed by atoms with van der Waals surface area (Å²) in [5.41, 5.74) is 1.83. The van der Waals surface area contributed by atoms with Crippen LogP contribution >= 0.6 is 0 Å². The van der Waals surface area contributed by atoms with Crippen LogP contribution in [0.4, 0.5) is 0 Å². The number of hydrogen-bond donors (Lipinski definition) is 1. The molecule has 6 heteroatoms. The number of piperidine rings is 1. The Morgan fingerprint density at radius 3 is 2.50 bits per heavy atom. The molecule has 2 rings (SSSR count). The van der Waals surface area contributed by atoms with Crippen LogP contribution in [0.3, 0.4) is 0 Å². The summed E-state index contributed by atoms with van der Waals surface area (Å²) < 4.78 is 26.6. The van der Waals surface area contributed by atoms with Gasteiger partial charge in [0.15, 0.2) is 0 Å². The molecule has 1 aromatic carbocycles. The van der Waals surface area contributed by atoms with Crippen LogP contribution in [0.15, 0.2) is 24.3 Å². The minimum Gasteiger partial charge on any atom is -0.356 e. The summed E-state index contributed by atoms with van der Waals surface area (Å²) in [5.74, 6) is 0.00852. The molecule has 0 radical (unpaired) electrons. The number of sulfonamides is 1. The van der Waals surface area contributed by atoms with E-state index in [2.05, 4.69) is 5.32 Å². The molecule has 0 atom stereocenters. The maximum absolute atomic E-state index is 12.5. The molecule has 1 aliphatic heterocycles. The van der Waals surface area contributed by atoms with E-state index >= 15 is 0 Å². The van der Waals surface area contributed by atoms with Crippen LogP contribution in [0.1, 0.15) is 30.9 Å². The summed E-state index contributed by atoms with van der Waals surface area (Å²) in [4.78, 5) is 11.8. The quantitative estimate of drug-likeness (QED) is 0.896. The Bertz CT molecular complexity index is 620. The Hall–Kier alpha value is -1.40. The molecule has 1 fully saturated rings. The molecular weight excluding hydrogens is 300 g/mol. The first-order chi connectivity index (χ1) is 10.4. The van der Waals surface area contributed by atoms with Crippen molar-refractivity contribution in [2.24, 2.45) is 5.92 Å². The van der Waals surface area contributed by atoms with Crippen molar-refractivity contribution in [2.75, 3.05) is 19.6 Å². The number of benzene rings is 1. The minimum atomic E-state index is -3.32. The van der Waals surface area contributed by atoms with E-state index in [4.69, 9.17) is 0 Å². The maximum atomic E-state index is 12.5. The third-order valence-electron chi connectivity index (χ3n) is 4.17. The van der Waals surface area contributed by atoms with Crippen LogP contribution in [0.25, 0.3) is 0 Å². The molecule has 0 saturated carbocycles. The normalized spacial score (nSPS) is 17.4. The highest BCUT2D eigenvalue weighted by Gasteiger charge is 2.31. The third-order valence-corrected chi connectivity index (χ3v) is 6.00. The van der Waals surface area contributed by atoms with Gasteiger partial charge in [-0.2, -0.15) is 0 Å². The van der Waals surface area contributed by atoms with E-state index in [1.807, 2.05) is 38.1 Å². The second kappa shape index (κ2) is 7.24. The van der Waals surface area contributed by atoms with Gasteiger partial charge in [0.1, 0.15) is 0 Å². The highest BCUT2D eigenvalue weighted by atomic mass is 32.2. The Balaban J connectivity index is 1.98. The number of hydrogen-bond acceptors (Lipinski definition) is 3. The lowest BCUT2D eigenvalue weighted by atomic mass is 9.97. The summed E-state index contributed by atoms with van der Waals surface area (Å²) in [6.07, 6.45) is 1.19. The van der Waals surface area contributed by atoms with E-state index in [-0.39, 0.29) is 17.6 Å². The fraction of sp³-hybridized carbons (Fsp3) is 0.562. The fourth-order valence-electron chi connectivity index (χ4n) is 2.77. The molecule has 1 N–H and O–H groups in total. The van der Waals surface area contributed by atoms with Crippen molar-refractivity contribution in [3.8, 4) is 0 Å². The molecular formula is C16H24N2O3S. The first-order valence-corrected chi connectivity index (χ1v) is 9.35. The lowest BCUT2D eigenvalue weighted by Gasteiger charge is -2.30. The van der Waals surface area contributed by atoms with Crippen molar-refractivity contribution in [3.05, 3.63) is 35.4 Å². The number of nitrogens with zero attached hydrogens (tertiary/aromatic N) is 1. The zero-order valence-electron chi connectivity index (χ0n) is 13.2. The predicted molar refractivity (Wildman–Crippen MR) is 86.8 cm³/mol. The third kappa shape index (κ3) is 4.08. The second-order valence-corrected chi connectivity index (χ2v) is 7.72. The lowest BCUT2D eigenvalue weighted by molar-refractivity contribution is -0.126. The van der Waals surface area contributed by atoms with E-state index < -0.39 is 10.0 Å². The Kier molecular flexibility index (Phi) is 5.58. The first kappa shape index (κ1) is 17.0. The van der Waals surface area contributed by atoms with E-state index in [0.29, 0.717) is 32.5 Å². The standard InChI is InChI=1S/C16H24N2O3S/c1-3-17-16(19)14-8-10-18(11-9-14)22(20,21)12-15-7-5-4-6-13(15)2/h4-7,14H,3,8-12H2,1-2H3,(H,17,19). The molecule has 22 heavy (non-hydrogen) atoms. The largest absolute Gasteiger partial charge is 0.356 e. The number of aryl methyl sites for hydroxylation is 1. The second-order valence-electron chi connectivity index (χ2n) is 5.75. The molecule has 0 bridgehead atoms. The number of amides is 1. The molecule has 1 heterocycles. The molecule has 122 valence electrons. The van der Waals surface area contributed by atoms with Gasteiger partial charge in [-0.05, 0) is 37.8 Å². The average molecular weight is 324 g/mol. The number of carbonyl (C=O) groups excluding carboxylic acids is 1. The van der Waals surface area contributed by atoms with Crippen LogP contribution in [0.2, 0.25) is 0 Å². The molecule has 5 nitrogen and oxygen atoms in total. The molecule has 1 saturated heterocycles. The zero-order valence-corrected chi connectivity index (χ0v) is 14.0. The van der Waals surface area contributed by atoms with Gasteiger partial charge in [-0.15, -0.1) is 0 Å². The van der Waals surface area contributed by atoms with Crippen LogP contribution in [0, 0.1) is 12.8 Å². The molecule has 0 aromatic heterocycles. The zero-order chi connectivity index (χ0) is 16.2. The minimum absolute atomic E-state index is 0.0332. The first-order valence-electron chi connectivity index (χ1n) is 7.74. The van der Waals surface area contributed by atoms with E-state index in [0.717, 1.165) is 11.1 Å². The van der Waals surface area contributed by atoms with Gasteiger partial charge in [-0.1, -0.05) is 24.3 Å². The monoisotopic (exact) mass is 324 g/mol. The van der Waals surface area contributed by atoms with Crippen LogP contribution in [-0.2, 0) is 20.6 Å². The fourth-order valence-corrected chi connectivity index (χ4v) is 4.44.